The molecular weight excluding hydrogens is 178 g/mol. The zero-order valence-corrected chi connectivity index (χ0v) is 8.98. The molecule has 1 aromatic heterocycles. The number of nitrogens with zero attached hydrogens (tertiary/aromatic N) is 1. The van der Waals surface area contributed by atoms with Gasteiger partial charge in [-0.25, -0.2) is 0 Å². The summed E-state index contributed by atoms with van der Waals surface area (Å²) in [7, 11) is 0. The van der Waals surface area contributed by atoms with E-state index in [0.717, 1.165) is 13.2 Å². The van der Waals surface area contributed by atoms with Crippen LogP contribution in [0.2, 0.25) is 0 Å². The first-order valence-corrected chi connectivity index (χ1v) is 5.16. The third-order valence-electron chi connectivity index (χ3n) is 2.08. The second-order valence-corrected chi connectivity index (χ2v) is 3.10. The van der Waals surface area contributed by atoms with Crippen molar-refractivity contribution >= 4 is 0 Å². The smallest absolute Gasteiger partial charge is 0.0797 e. The lowest BCUT2D eigenvalue weighted by Crippen LogP contribution is -2.19. The van der Waals surface area contributed by atoms with Crippen LogP contribution in [-0.4, -0.2) is 31.0 Å². The highest BCUT2D eigenvalue weighted by atomic mass is 16.5. The van der Waals surface area contributed by atoms with Crippen LogP contribution in [0.3, 0.4) is 0 Å². The Kier molecular flexibility index (Phi) is 5.33. The van der Waals surface area contributed by atoms with E-state index in [1.165, 1.54) is 0 Å². The molecule has 14 heavy (non-hydrogen) atoms. The molecule has 1 rings (SSSR count). The number of ether oxygens (including phenoxy) is 2. The number of rotatable bonds is 7. The standard InChI is InChI=1S/C11H19NO2/c1-3-13-9-11(10-14-4-2)12-7-5-6-8-12/h5-8,11H,3-4,9-10H2,1-2H3. The molecule has 0 aromatic carbocycles. The predicted molar refractivity (Wildman–Crippen MR) is 56.5 cm³/mol. The van der Waals surface area contributed by atoms with E-state index in [4.69, 9.17) is 9.47 Å². The summed E-state index contributed by atoms with van der Waals surface area (Å²) in [6, 6.07) is 4.33. The minimum Gasteiger partial charge on any atom is -0.379 e. The molecule has 0 bridgehead atoms. The van der Waals surface area contributed by atoms with Crippen molar-refractivity contribution in [3.63, 3.8) is 0 Å². The fraction of sp³-hybridized carbons (Fsp3) is 0.636. The van der Waals surface area contributed by atoms with Gasteiger partial charge in [0.1, 0.15) is 0 Å². The first kappa shape index (κ1) is 11.3. The van der Waals surface area contributed by atoms with Gasteiger partial charge in [-0.2, -0.15) is 0 Å². The van der Waals surface area contributed by atoms with Gasteiger partial charge in [0.15, 0.2) is 0 Å². The van der Waals surface area contributed by atoms with Gasteiger partial charge in [-0.3, -0.25) is 0 Å². The van der Waals surface area contributed by atoms with E-state index in [2.05, 4.69) is 4.57 Å². The lowest BCUT2D eigenvalue weighted by atomic mass is 10.3. The molecular formula is C11H19NO2. The van der Waals surface area contributed by atoms with Crippen LogP contribution < -0.4 is 0 Å². The first-order valence-electron chi connectivity index (χ1n) is 5.16. The summed E-state index contributed by atoms with van der Waals surface area (Å²) in [5.41, 5.74) is 0. The Morgan fingerprint density at radius 3 is 1.93 bits per heavy atom. The summed E-state index contributed by atoms with van der Waals surface area (Å²) in [6.07, 6.45) is 4.09. The van der Waals surface area contributed by atoms with Gasteiger partial charge < -0.3 is 14.0 Å². The molecule has 0 amide bonds. The molecule has 0 saturated heterocycles. The third kappa shape index (κ3) is 3.52. The number of hydrogen-bond acceptors (Lipinski definition) is 2. The summed E-state index contributed by atoms with van der Waals surface area (Å²) in [4.78, 5) is 0. The molecule has 0 unspecified atom stereocenters. The molecule has 0 radical (unpaired) electrons. The Hall–Kier alpha value is -0.800. The second-order valence-electron chi connectivity index (χ2n) is 3.10. The van der Waals surface area contributed by atoms with Gasteiger partial charge in [-0.05, 0) is 26.0 Å². The highest BCUT2D eigenvalue weighted by molar-refractivity contribution is 4.93. The van der Waals surface area contributed by atoms with Crippen molar-refractivity contribution < 1.29 is 9.47 Å². The third-order valence-corrected chi connectivity index (χ3v) is 2.08. The van der Waals surface area contributed by atoms with E-state index in [9.17, 15) is 0 Å². The molecule has 0 aliphatic rings. The fourth-order valence-corrected chi connectivity index (χ4v) is 1.32. The molecule has 3 nitrogen and oxygen atoms in total. The van der Waals surface area contributed by atoms with Crippen molar-refractivity contribution in [2.45, 2.75) is 19.9 Å². The zero-order chi connectivity index (χ0) is 10.2. The molecule has 0 aliphatic heterocycles. The van der Waals surface area contributed by atoms with Gasteiger partial charge in [0.2, 0.25) is 0 Å². The lowest BCUT2D eigenvalue weighted by Gasteiger charge is -2.18. The van der Waals surface area contributed by atoms with Crippen molar-refractivity contribution in [2.24, 2.45) is 0 Å². The molecule has 0 aliphatic carbocycles. The Bertz CT molecular complexity index is 213. The molecule has 0 atom stereocenters. The second kappa shape index (κ2) is 6.62. The van der Waals surface area contributed by atoms with Crippen LogP contribution in [0.15, 0.2) is 24.5 Å². The molecule has 1 aromatic rings. The molecule has 0 saturated carbocycles. The summed E-state index contributed by atoms with van der Waals surface area (Å²) in [5, 5.41) is 0. The van der Waals surface area contributed by atoms with E-state index in [-0.39, 0.29) is 0 Å². The van der Waals surface area contributed by atoms with Crippen LogP contribution >= 0.6 is 0 Å². The van der Waals surface area contributed by atoms with Crippen LogP contribution in [0.25, 0.3) is 0 Å². The van der Waals surface area contributed by atoms with Crippen LogP contribution in [0.5, 0.6) is 0 Å². The van der Waals surface area contributed by atoms with Crippen molar-refractivity contribution in [3.05, 3.63) is 24.5 Å². The predicted octanol–water partition coefficient (Wildman–Crippen LogP) is 2.10. The van der Waals surface area contributed by atoms with E-state index in [1.807, 2.05) is 38.4 Å². The van der Waals surface area contributed by atoms with E-state index in [1.54, 1.807) is 0 Å². The van der Waals surface area contributed by atoms with Crippen molar-refractivity contribution in [1.29, 1.82) is 0 Å². The topological polar surface area (TPSA) is 23.4 Å². The van der Waals surface area contributed by atoms with Gasteiger partial charge >= 0.3 is 0 Å². The Labute approximate surface area is 85.6 Å². The summed E-state index contributed by atoms with van der Waals surface area (Å²) >= 11 is 0. The summed E-state index contributed by atoms with van der Waals surface area (Å²) < 4.78 is 13.0. The van der Waals surface area contributed by atoms with Gasteiger partial charge in [0, 0.05) is 25.6 Å². The first-order chi connectivity index (χ1) is 6.88. The van der Waals surface area contributed by atoms with Gasteiger partial charge in [0.05, 0.1) is 19.3 Å². The highest BCUT2D eigenvalue weighted by Gasteiger charge is 2.09. The van der Waals surface area contributed by atoms with Crippen LogP contribution in [0.4, 0.5) is 0 Å². The number of hydrogen-bond donors (Lipinski definition) is 0. The maximum absolute atomic E-state index is 5.42. The van der Waals surface area contributed by atoms with Gasteiger partial charge in [-0.15, -0.1) is 0 Å². The average molecular weight is 197 g/mol. The maximum atomic E-state index is 5.42. The molecule has 1 heterocycles. The highest BCUT2D eigenvalue weighted by Crippen LogP contribution is 2.08. The quantitative estimate of drug-likeness (QED) is 0.668. The molecule has 0 spiro atoms. The Balaban J connectivity index is 2.44. The summed E-state index contributed by atoms with van der Waals surface area (Å²) in [6.45, 7) is 6.95. The molecule has 80 valence electrons. The minimum atomic E-state index is 0.296. The Morgan fingerprint density at radius 2 is 1.50 bits per heavy atom. The number of aromatic nitrogens is 1. The molecule has 3 heteroatoms. The van der Waals surface area contributed by atoms with Crippen LogP contribution in [-0.2, 0) is 9.47 Å². The van der Waals surface area contributed by atoms with E-state index >= 15 is 0 Å². The average Bonchev–Trinajstić information content (AvgIpc) is 2.71. The van der Waals surface area contributed by atoms with Gasteiger partial charge in [0.25, 0.3) is 0 Å². The van der Waals surface area contributed by atoms with Crippen molar-refractivity contribution in [2.75, 3.05) is 26.4 Å². The van der Waals surface area contributed by atoms with Crippen molar-refractivity contribution in [1.82, 2.24) is 4.57 Å². The lowest BCUT2D eigenvalue weighted by molar-refractivity contribution is 0.0529. The fourth-order valence-electron chi connectivity index (χ4n) is 1.32. The monoisotopic (exact) mass is 197 g/mol. The maximum Gasteiger partial charge on any atom is 0.0797 e. The van der Waals surface area contributed by atoms with Crippen molar-refractivity contribution in [3.8, 4) is 0 Å². The molecule has 0 fully saturated rings. The van der Waals surface area contributed by atoms with Gasteiger partial charge in [-0.1, -0.05) is 0 Å². The SMILES string of the molecule is CCOCC(COCC)n1cccc1. The molecule has 0 N–H and O–H groups in total. The van der Waals surface area contributed by atoms with Crippen LogP contribution in [0, 0.1) is 0 Å². The summed E-state index contributed by atoms with van der Waals surface area (Å²) in [5.74, 6) is 0. The minimum absolute atomic E-state index is 0.296. The van der Waals surface area contributed by atoms with Crippen LogP contribution in [0.1, 0.15) is 19.9 Å². The largest absolute Gasteiger partial charge is 0.379 e. The van der Waals surface area contributed by atoms with E-state index < -0.39 is 0 Å². The van der Waals surface area contributed by atoms with E-state index in [0.29, 0.717) is 19.3 Å². The normalized spacial score (nSPS) is 11.1. The zero-order valence-electron chi connectivity index (χ0n) is 8.98. The Morgan fingerprint density at radius 1 is 1.00 bits per heavy atom.